The van der Waals surface area contributed by atoms with E-state index < -0.39 is 5.97 Å². The fraction of sp³-hybridized carbons (Fsp3) is 0.188. The van der Waals surface area contributed by atoms with Crippen LogP contribution in [0.15, 0.2) is 36.4 Å². The molecule has 1 N–H and O–H groups in total. The summed E-state index contributed by atoms with van der Waals surface area (Å²) in [6.07, 6.45) is 0. The van der Waals surface area contributed by atoms with Crippen molar-refractivity contribution in [3.63, 3.8) is 0 Å². The van der Waals surface area contributed by atoms with Crippen molar-refractivity contribution >= 4 is 29.2 Å². The van der Waals surface area contributed by atoms with Crippen molar-refractivity contribution in [3.05, 3.63) is 52.0 Å². The SMILES string of the molecule is COc1cccc(C(=O)O)c1OCCOc1ccc(Cl)cc1Cl. The zero-order valence-corrected chi connectivity index (χ0v) is 13.7. The minimum absolute atomic E-state index is 0.0221. The maximum atomic E-state index is 11.2. The average Bonchev–Trinajstić information content (AvgIpc) is 2.52. The topological polar surface area (TPSA) is 65.0 Å². The fourth-order valence-electron chi connectivity index (χ4n) is 1.88. The Balaban J connectivity index is 2.00. The third-order valence-corrected chi connectivity index (χ3v) is 3.44. The minimum Gasteiger partial charge on any atom is -0.493 e. The molecule has 2 aromatic rings. The van der Waals surface area contributed by atoms with Crippen molar-refractivity contribution in [2.75, 3.05) is 20.3 Å². The number of rotatable bonds is 7. The number of hydrogen-bond acceptors (Lipinski definition) is 4. The van der Waals surface area contributed by atoms with Gasteiger partial charge in [0.1, 0.15) is 24.5 Å². The Morgan fingerprint density at radius 1 is 1.09 bits per heavy atom. The van der Waals surface area contributed by atoms with Gasteiger partial charge in [0.15, 0.2) is 11.5 Å². The molecule has 0 aliphatic heterocycles. The molecule has 0 spiro atoms. The summed E-state index contributed by atoms with van der Waals surface area (Å²) < 4.78 is 16.1. The summed E-state index contributed by atoms with van der Waals surface area (Å²) in [5.41, 5.74) is 0.0221. The van der Waals surface area contributed by atoms with E-state index in [0.717, 1.165) is 0 Å². The van der Waals surface area contributed by atoms with Crippen molar-refractivity contribution < 1.29 is 24.1 Å². The van der Waals surface area contributed by atoms with Gasteiger partial charge in [0.05, 0.1) is 12.1 Å². The number of aromatic carboxylic acids is 1. The summed E-state index contributed by atoms with van der Waals surface area (Å²) in [7, 11) is 1.44. The Labute approximate surface area is 143 Å². The zero-order chi connectivity index (χ0) is 16.8. The number of halogens is 2. The lowest BCUT2D eigenvalue weighted by Gasteiger charge is -2.14. The molecule has 0 aromatic heterocycles. The molecule has 7 heteroatoms. The summed E-state index contributed by atoms with van der Waals surface area (Å²) >= 11 is 11.8. The average molecular weight is 357 g/mol. The number of carboxylic acids is 1. The summed E-state index contributed by atoms with van der Waals surface area (Å²) in [4.78, 5) is 11.2. The van der Waals surface area contributed by atoms with Crippen molar-refractivity contribution in [2.24, 2.45) is 0 Å². The minimum atomic E-state index is -1.10. The second-order valence-corrected chi connectivity index (χ2v) is 5.26. The Hall–Kier alpha value is -2.11. The smallest absolute Gasteiger partial charge is 0.339 e. The molecule has 0 radical (unpaired) electrons. The molecule has 5 nitrogen and oxygen atoms in total. The van der Waals surface area contributed by atoms with Crippen molar-refractivity contribution in [2.45, 2.75) is 0 Å². The van der Waals surface area contributed by atoms with Crippen LogP contribution in [-0.4, -0.2) is 31.4 Å². The number of carbonyl (C=O) groups is 1. The molecule has 0 aliphatic rings. The summed E-state index contributed by atoms with van der Waals surface area (Å²) in [5.74, 6) is -0.124. The molecular weight excluding hydrogens is 343 g/mol. The predicted molar refractivity (Wildman–Crippen MR) is 87.4 cm³/mol. The van der Waals surface area contributed by atoms with Crippen LogP contribution in [0.2, 0.25) is 10.0 Å². The highest BCUT2D eigenvalue weighted by atomic mass is 35.5. The lowest BCUT2D eigenvalue weighted by Crippen LogP contribution is -2.12. The van der Waals surface area contributed by atoms with Crippen LogP contribution in [0.3, 0.4) is 0 Å². The highest BCUT2D eigenvalue weighted by Gasteiger charge is 2.16. The number of carboxylic acid groups (broad SMARTS) is 1. The number of benzene rings is 2. The van der Waals surface area contributed by atoms with Gasteiger partial charge in [-0.3, -0.25) is 0 Å². The van der Waals surface area contributed by atoms with Crippen LogP contribution >= 0.6 is 23.2 Å². The third kappa shape index (κ3) is 4.43. The van der Waals surface area contributed by atoms with Gasteiger partial charge >= 0.3 is 5.97 Å². The van der Waals surface area contributed by atoms with Crippen LogP contribution in [0.5, 0.6) is 17.2 Å². The van der Waals surface area contributed by atoms with Crippen LogP contribution in [0.4, 0.5) is 0 Å². The van der Waals surface area contributed by atoms with Crippen LogP contribution < -0.4 is 14.2 Å². The normalized spacial score (nSPS) is 10.2. The number of ether oxygens (including phenoxy) is 3. The van der Waals surface area contributed by atoms with Gasteiger partial charge in [-0.2, -0.15) is 0 Å². The van der Waals surface area contributed by atoms with Gasteiger partial charge < -0.3 is 19.3 Å². The van der Waals surface area contributed by atoms with Gasteiger partial charge in [-0.1, -0.05) is 29.3 Å². The van der Waals surface area contributed by atoms with E-state index in [1.807, 2.05) is 0 Å². The van der Waals surface area contributed by atoms with Crippen molar-refractivity contribution in [1.82, 2.24) is 0 Å². The van der Waals surface area contributed by atoms with Crippen LogP contribution in [0.25, 0.3) is 0 Å². The van der Waals surface area contributed by atoms with Gasteiger partial charge in [0.25, 0.3) is 0 Å². The van der Waals surface area contributed by atoms with E-state index in [1.165, 1.54) is 13.2 Å². The monoisotopic (exact) mass is 356 g/mol. The zero-order valence-electron chi connectivity index (χ0n) is 12.2. The first-order valence-electron chi connectivity index (χ1n) is 6.64. The van der Waals surface area contributed by atoms with E-state index in [4.69, 9.17) is 37.4 Å². The largest absolute Gasteiger partial charge is 0.493 e. The molecule has 0 atom stereocenters. The Bertz CT molecular complexity index is 703. The molecule has 0 amide bonds. The van der Waals surface area contributed by atoms with Gasteiger partial charge in [-0.15, -0.1) is 0 Å². The quantitative estimate of drug-likeness (QED) is 0.754. The molecule has 122 valence electrons. The molecule has 2 aromatic carbocycles. The first-order chi connectivity index (χ1) is 11.0. The summed E-state index contributed by atoms with van der Waals surface area (Å²) in [5, 5.41) is 10.1. The summed E-state index contributed by atoms with van der Waals surface area (Å²) in [6, 6.07) is 9.53. The first kappa shape index (κ1) is 17.2. The van der Waals surface area contributed by atoms with E-state index in [9.17, 15) is 9.90 Å². The van der Waals surface area contributed by atoms with Crippen LogP contribution in [0.1, 0.15) is 10.4 Å². The standard InChI is InChI=1S/C16H14Cl2O5/c1-21-14-4-2-3-11(16(19)20)15(14)23-8-7-22-13-6-5-10(17)9-12(13)18/h2-6,9H,7-8H2,1H3,(H,19,20). The first-order valence-corrected chi connectivity index (χ1v) is 7.39. The Morgan fingerprint density at radius 2 is 1.83 bits per heavy atom. The van der Waals surface area contributed by atoms with E-state index >= 15 is 0 Å². The molecule has 0 aliphatic carbocycles. The van der Waals surface area contributed by atoms with Gasteiger partial charge in [-0.05, 0) is 30.3 Å². The molecule has 0 fully saturated rings. The molecule has 0 unspecified atom stereocenters. The molecular formula is C16H14Cl2O5. The molecule has 0 saturated carbocycles. The summed E-state index contributed by atoms with van der Waals surface area (Å²) in [6.45, 7) is 0.304. The van der Waals surface area contributed by atoms with E-state index in [-0.39, 0.29) is 24.5 Å². The lowest BCUT2D eigenvalue weighted by molar-refractivity contribution is 0.0690. The third-order valence-electron chi connectivity index (χ3n) is 2.91. The van der Waals surface area contributed by atoms with E-state index in [0.29, 0.717) is 21.5 Å². The maximum absolute atomic E-state index is 11.2. The van der Waals surface area contributed by atoms with Crippen LogP contribution in [0, 0.1) is 0 Å². The number of para-hydroxylation sites is 1. The molecule has 23 heavy (non-hydrogen) atoms. The van der Waals surface area contributed by atoms with Gasteiger partial charge in [-0.25, -0.2) is 4.79 Å². The van der Waals surface area contributed by atoms with Crippen molar-refractivity contribution in [1.29, 1.82) is 0 Å². The van der Waals surface area contributed by atoms with Gasteiger partial charge in [0.2, 0.25) is 0 Å². The molecule has 0 saturated heterocycles. The lowest BCUT2D eigenvalue weighted by atomic mass is 10.2. The number of methoxy groups -OCH3 is 1. The highest BCUT2D eigenvalue weighted by molar-refractivity contribution is 6.35. The van der Waals surface area contributed by atoms with Crippen molar-refractivity contribution in [3.8, 4) is 17.2 Å². The molecule has 0 heterocycles. The fourth-order valence-corrected chi connectivity index (χ4v) is 2.34. The molecule has 2 rings (SSSR count). The second kappa shape index (κ2) is 7.94. The van der Waals surface area contributed by atoms with E-state index in [2.05, 4.69) is 0 Å². The van der Waals surface area contributed by atoms with Crippen LogP contribution in [-0.2, 0) is 0 Å². The van der Waals surface area contributed by atoms with Gasteiger partial charge in [0, 0.05) is 5.02 Å². The second-order valence-electron chi connectivity index (χ2n) is 4.41. The van der Waals surface area contributed by atoms with E-state index in [1.54, 1.807) is 30.3 Å². The number of hydrogen-bond donors (Lipinski definition) is 1. The Morgan fingerprint density at radius 3 is 2.48 bits per heavy atom. The highest BCUT2D eigenvalue weighted by Crippen LogP contribution is 2.31. The predicted octanol–water partition coefficient (Wildman–Crippen LogP) is 4.16. The molecule has 0 bridgehead atoms. The maximum Gasteiger partial charge on any atom is 0.339 e. The Kier molecular flexibility index (Phi) is 5.96.